The van der Waals surface area contributed by atoms with Crippen molar-refractivity contribution >= 4 is 6.08 Å². The van der Waals surface area contributed by atoms with Crippen molar-refractivity contribution in [3.63, 3.8) is 0 Å². The van der Waals surface area contributed by atoms with Crippen LogP contribution in [0.25, 0.3) is 6.08 Å². The molecule has 0 atom stereocenters. The van der Waals surface area contributed by atoms with Gasteiger partial charge in [0.05, 0.1) is 11.9 Å². The Morgan fingerprint density at radius 1 is 1.70 bits per heavy atom. The standard InChI is InChI=1S/C8H8FN/c1-3-7-4-6(2)8(9)5-10-7/h3-5H,1H2,2H3. The van der Waals surface area contributed by atoms with Crippen molar-refractivity contribution in [2.24, 2.45) is 0 Å². The quantitative estimate of drug-likeness (QED) is 0.578. The van der Waals surface area contributed by atoms with E-state index in [0.717, 1.165) is 0 Å². The number of rotatable bonds is 1. The predicted octanol–water partition coefficient (Wildman–Crippen LogP) is 2.17. The molecule has 0 spiro atoms. The van der Waals surface area contributed by atoms with Gasteiger partial charge in [-0.25, -0.2) is 4.39 Å². The second-order valence-electron chi connectivity index (χ2n) is 2.06. The van der Waals surface area contributed by atoms with Gasteiger partial charge in [0.15, 0.2) is 0 Å². The number of aryl methyl sites for hydroxylation is 1. The molecule has 0 fully saturated rings. The highest BCUT2D eigenvalue weighted by molar-refractivity contribution is 5.42. The minimum absolute atomic E-state index is 0.273. The highest BCUT2D eigenvalue weighted by atomic mass is 19.1. The van der Waals surface area contributed by atoms with Crippen molar-refractivity contribution in [1.29, 1.82) is 0 Å². The Morgan fingerprint density at radius 3 is 2.90 bits per heavy atom. The maximum Gasteiger partial charge on any atom is 0.144 e. The molecule has 2 heteroatoms. The monoisotopic (exact) mass is 137 g/mol. The van der Waals surface area contributed by atoms with Gasteiger partial charge < -0.3 is 0 Å². The van der Waals surface area contributed by atoms with Gasteiger partial charge in [-0.2, -0.15) is 0 Å². The first-order chi connectivity index (χ1) is 4.74. The molecule has 0 saturated carbocycles. The summed E-state index contributed by atoms with van der Waals surface area (Å²) in [5.74, 6) is -0.273. The molecule has 1 aromatic rings. The normalized spacial score (nSPS) is 9.40. The van der Waals surface area contributed by atoms with Crippen molar-refractivity contribution in [3.05, 3.63) is 35.9 Å². The first kappa shape index (κ1) is 6.93. The molecule has 10 heavy (non-hydrogen) atoms. The van der Waals surface area contributed by atoms with E-state index in [4.69, 9.17) is 0 Å². The Kier molecular flexibility index (Phi) is 1.81. The van der Waals surface area contributed by atoms with Crippen molar-refractivity contribution < 1.29 is 4.39 Å². The first-order valence-corrected chi connectivity index (χ1v) is 2.98. The Morgan fingerprint density at radius 2 is 2.40 bits per heavy atom. The van der Waals surface area contributed by atoms with Gasteiger partial charge in [0, 0.05) is 0 Å². The van der Waals surface area contributed by atoms with E-state index in [-0.39, 0.29) is 5.82 Å². The zero-order valence-electron chi connectivity index (χ0n) is 5.76. The van der Waals surface area contributed by atoms with Gasteiger partial charge in [0.2, 0.25) is 0 Å². The van der Waals surface area contributed by atoms with Crippen LogP contribution in [0.1, 0.15) is 11.3 Å². The molecule has 0 aliphatic heterocycles. The lowest BCUT2D eigenvalue weighted by Gasteiger charge is -1.95. The zero-order valence-corrected chi connectivity index (χ0v) is 5.76. The maximum absolute atomic E-state index is 12.5. The lowest BCUT2D eigenvalue weighted by atomic mass is 10.2. The van der Waals surface area contributed by atoms with Crippen LogP contribution in [0.5, 0.6) is 0 Å². The van der Waals surface area contributed by atoms with E-state index in [1.165, 1.54) is 6.20 Å². The van der Waals surface area contributed by atoms with Crippen molar-refractivity contribution in [2.45, 2.75) is 6.92 Å². The summed E-state index contributed by atoms with van der Waals surface area (Å²) in [5.41, 5.74) is 1.31. The van der Waals surface area contributed by atoms with E-state index >= 15 is 0 Å². The number of pyridine rings is 1. The highest BCUT2D eigenvalue weighted by Crippen LogP contribution is 2.05. The van der Waals surface area contributed by atoms with Gasteiger partial charge in [0.25, 0.3) is 0 Å². The summed E-state index contributed by atoms with van der Waals surface area (Å²) >= 11 is 0. The third kappa shape index (κ3) is 1.21. The number of nitrogens with zero attached hydrogens (tertiary/aromatic N) is 1. The van der Waals surface area contributed by atoms with E-state index in [9.17, 15) is 4.39 Å². The van der Waals surface area contributed by atoms with Crippen LogP contribution in [0.4, 0.5) is 4.39 Å². The minimum Gasteiger partial charge on any atom is -0.254 e. The summed E-state index contributed by atoms with van der Waals surface area (Å²) in [5, 5.41) is 0. The van der Waals surface area contributed by atoms with Crippen LogP contribution in [-0.2, 0) is 0 Å². The van der Waals surface area contributed by atoms with Crippen molar-refractivity contribution in [2.75, 3.05) is 0 Å². The lowest BCUT2D eigenvalue weighted by Crippen LogP contribution is -1.86. The first-order valence-electron chi connectivity index (χ1n) is 2.98. The van der Waals surface area contributed by atoms with Crippen LogP contribution >= 0.6 is 0 Å². The van der Waals surface area contributed by atoms with Crippen LogP contribution in [0, 0.1) is 12.7 Å². The molecule has 0 saturated heterocycles. The fraction of sp³-hybridized carbons (Fsp3) is 0.125. The number of hydrogen-bond donors (Lipinski definition) is 0. The zero-order chi connectivity index (χ0) is 7.56. The molecule has 0 amide bonds. The number of halogens is 1. The van der Waals surface area contributed by atoms with Gasteiger partial charge >= 0.3 is 0 Å². The van der Waals surface area contributed by atoms with Crippen molar-refractivity contribution in [1.82, 2.24) is 4.98 Å². The lowest BCUT2D eigenvalue weighted by molar-refractivity contribution is 0.611. The second-order valence-corrected chi connectivity index (χ2v) is 2.06. The average molecular weight is 137 g/mol. The van der Waals surface area contributed by atoms with Crippen LogP contribution in [-0.4, -0.2) is 4.98 Å². The third-order valence-corrected chi connectivity index (χ3v) is 1.28. The molecule has 1 aromatic heterocycles. The summed E-state index contributed by atoms with van der Waals surface area (Å²) in [6.07, 6.45) is 2.79. The Hall–Kier alpha value is -1.18. The van der Waals surface area contributed by atoms with Crippen LogP contribution < -0.4 is 0 Å². The second kappa shape index (κ2) is 2.60. The largest absolute Gasteiger partial charge is 0.254 e. The van der Waals surface area contributed by atoms with Gasteiger partial charge in [-0.1, -0.05) is 6.58 Å². The smallest absolute Gasteiger partial charge is 0.144 e. The Bertz CT molecular complexity index is 255. The molecule has 1 nitrogen and oxygen atoms in total. The molecular weight excluding hydrogens is 129 g/mol. The average Bonchev–Trinajstić information content (AvgIpc) is 1.95. The maximum atomic E-state index is 12.5. The van der Waals surface area contributed by atoms with Crippen LogP contribution in [0.15, 0.2) is 18.8 Å². The summed E-state index contributed by atoms with van der Waals surface area (Å²) in [6.45, 7) is 5.22. The van der Waals surface area contributed by atoms with E-state index in [1.807, 2.05) is 0 Å². The summed E-state index contributed by atoms with van der Waals surface area (Å²) in [4.78, 5) is 3.76. The van der Waals surface area contributed by atoms with Crippen molar-refractivity contribution in [3.8, 4) is 0 Å². The van der Waals surface area contributed by atoms with E-state index < -0.39 is 0 Å². The fourth-order valence-corrected chi connectivity index (χ4v) is 0.673. The summed E-state index contributed by atoms with van der Waals surface area (Å²) in [7, 11) is 0. The van der Waals surface area contributed by atoms with E-state index in [1.54, 1.807) is 19.1 Å². The third-order valence-electron chi connectivity index (χ3n) is 1.28. The molecule has 0 bridgehead atoms. The fourth-order valence-electron chi connectivity index (χ4n) is 0.673. The van der Waals surface area contributed by atoms with E-state index in [0.29, 0.717) is 11.3 Å². The van der Waals surface area contributed by atoms with E-state index in [2.05, 4.69) is 11.6 Å². The number of hydrogen-bond acceptors (Lipinski definition) is 1. The molecule has 0 unspecified atom stereocenters. The Labute approximate surface area is 59.2 Å². The van der Waals surface area contributed by atoms with Gasteiger partial charge in [-0.3, -0.25) is 4.98 Å². The molecule has 0 radical (unpaired) electrons. The van der Waals surface area contributed by atoms with Crippen LogP contribution in [0.2, 0.25) is 0 Å². The topological polar surface area (TPSA) is 12.9 Å². The SMILES string of the molecule is C=Cc1cc(C)c(F)cn1. The Balaban J connectivity index is 3.16. The number of aromatic nitrogens is 1. The molecule has 1 heterocycles. The highest BCUT2D eigenvalue weighted by Gasteiger charge is 1.95. The molecule has 0 aliphatic rings. The molecule has 1 rings (SSSR count). The molecule has 0 aliphatic carbocycles. The molecule has 0 aromatic carbocycles. The summed E-state index contributed by atoms with van der Waals surface area (Å²) in [6, 6.07) is 1.66. The summed E-state index contributed by atoms with van der Waals surface area (Å²) < 4.78 is 12.5. The van der Waals surface area contributed by atoms with Crippen LogP contribution in [0.3, 0.4) is 0 Å². The molecule has 0 N–H and O–H groups in total. The predicted molar refractivity (Wildman–Crippen MR) is 39.0 cm³/mol. The minimum atomic E-state index is -0.273. The van der Waals surface area contributed by atoms with Gasteiger partial charge in [-0.05, 0) is 24.6 Å². The van der Waals surface area contributed by atoms with Gasteiger partial charge in [-0.15, -0.1) is 0 Å². The molecule has 52 valence electrons. The van der Waals surface area contributed by atoms with Gasteiger partial charge in [0.1, 0.15) is 5.82 Å². The molecular formula is C8H8FN.